The van der Waals surface area contributed by atoms with Gasteiger partial charge >= 0.3 is 11.9 Å². The summed E-state index contributed by atoms with van der Waals surface area (Å²) in [6.45, 7) is 1.78. The van der Waals surface area contributed by atoms with Gasteiger partial charge in [-0.05, 0) is 18.6 Å². The third-order valence-electron chi connectivity index (χ3n) is 4.44. The number of carbonyl (C=O) groups excluding carboxylic acids is 2. The van der Waals surface area contributed by atoms with Crippen molar-refractivity contribution < 1.29 is 24.0 Å². The van der Waals surface area contributed by atoms with E-state index in [0.717, 1.165) is 5.56 Å². The van der Waals surface area contributed by atoms with E-state index in [4.69, 9.17) is 9.47 Å². The fraction of sp³-hybridized carbons (Fsp3) is 0.182. The summed E-state index contributed by atoms with van der Waals surface area (Å²) in [6, 6.07) is 15.3. The molecule has 0 N–H and O–H groups in total. The summed E-state index contributed by atoms with van der Waals surface area (Å²) < 4.78 is 10.5. The maximum atomic E-state index is 12.7. The van der Waals surface area contributed by atoms with Crippen LogP contribution < -0.4 is 0 Å². The van der Waals surface area contributed by atoms with E-state index >= 15 is 0 Å². The molecule has 0 unspecified atom stereocenters. The van der Waals surface area contributed by atoms with Crippen molar-refractivity contribution in [2.75, 3.05) is 6.61 Å². The fourth-order valence-electron chi connectivity index (χ4n) is 3.19. The number of cyclic esters (lactones) is 1. The average Bonchev–Trinajstić information content (AvgIpc) is 2.72. The Balaban J connectivity index is 2.14. The lowest BCUT2D eigenvalue weighted by molar-refractivity contribution is -0.385. The first-order valence-electron chi connectivity index (χ1n) is 9.09. The van der Waals surface area contributed by atoms with E-state index in [1.807, 2.05) is 30.3 Å². The van der Waals surface area contributed by atoms with Crippen LogP contribution >= 0.6 is 0 Å². The highest BCUT2D eigenvalue weighted by Crippen LogP contribution is 2.40. The number of rotatable bonds is 6. The zero-order valence-electron chi connectivity index (χ0n) is 15.7. The first kappa shape index (κ1) is 20.0. The zero-order chi connectivity index (χ0) is 20.8. The maximum absolute atomic E-state index is 12.7. The van der Waals surface area contributed by atoms with Crippen molar-refractivity contribution in [2.24, 2.45) is 0 Å². The Kier molecular flexibility index (Phi) is 6.19. The van der Waals surface area contributed by atoms with Crippen molar-refractivity contribution in [3.05, 3.63) is 93.2 Å². The molecule has 29 heavy (non-hydrogen) atoms. The van der Waals surface area contributed by atoms with Crippen molar-refractivity contribution in [3.8, 4) is 0 Å². The molecule has 3 rings (SSSR count). The summed E-state index contributed by atoms with van der Waals surface area (Å²) in [6.07, 6.45) is 3.02. The van der Waals surface area contributed by atoms with Gasteiger partial charge in [-0.25, -0.2) is 4.79 Å². The molecule has 0 aromatic heterocycles. The van der Waals surface area contributed by atoms with Crippen LogP contribution in [0, 0.1) is 10.1 Å². The van der Waals surface area contributed by atoms with Crippen LogP contribution in [0.2, 0.25) is 0 Å². The lowest BCUT2D eigenvalue weighted by Crippen LogP contribution is -2.26. The minimum atomic E-state index is -0.840. The topological polar surface area (TPSA) is 95.7 Å². The third-order valence-corrected chi connectivity index (χ3v) is 4.44. The highest BCUT2D eigenvalue weighted by Gasteiger charge is 2.38. The van der Waals surface area contributed by atoms with Gasteiger partial charge in [-0.1, -0.05) is 54.6 Å². The first-order chi connectivity index (χ1) is 14.0. The second-order valence-corrected chi connectivity index (χ2v) is 6.29. The highest BCUT2D eigenvalue weighted by atomic mass is 16.6. The lowest BCUT2D eigenvalue weighted by atomic mass is 9.84. The highest BCUT2D eigenvalue weighted by molar-refractivity contribution is 5.95. The zero-order valence-corrected chi connectivity index (χ0v) is 15.7. The number of hydrogen-bond donors (Lipinski definition) is 0. The molecule has 7 heteroatoms. The number of esters is 2. The molecule has 0 bridgehead atoms. The van der Waals surface area contributed by atoms with Crippen LogP contribution in [0.3, 0.4) is 0 Å². The number of hydrogen-bond acceptors (Lipinski definition) is 6. The molecular weight excluding hydrogens is 374 g/mol. The van der Waals surface area contributed by atoms with Crippen LogP contribution in [0.1, 0.15) is 30.4 Å². The summed E-state index contributed by atoms with van der Waals surface area (Å²) >= 11 is 0. The minimum absolute atomic E-state index is 0.0340. The predicted molar refractivity (Wildman–Crippen MR) is 106 cm³/mol. The van der Waals surface area contributed by atoms with E-state index in [1.165, 1.54) is 18.2 Å². The quantitative estimate of drug-likeness (QED) is 0.415. The number of nitro benzene ring substituents is 1. The Morgan fingerprint density at radius 2 is 1.86 bits per heavy atom. The molecule has 0 spiro atoms. The molecule has 7 nitrogen and oxygen atoms in total. The van der Waals surface area contributed by atoms with Crippen LogP contribution in [0.5, 0.6) is 0 Å². The van der Waals surface area contributed by atoms with Gasteiger partial charge < -0.3 is 9.47 Å². The Hall–Kier alpha value is -3.74. The minimum Gasteiger partial charge on any atom is -0.463 e. The Morgan fingerprint density at radius 3 is 2.55 bits per heavy atom. The van der Waals surface area contributed by atoms with Crippen LogP contribution in [-0.4, -0.2) is 23.5 Å². The maximum Gasteiger partial charge on any atom is 0.338 e. The Bertz CT molecular complexity index is 993. The number of nitrogens with zero attached hydrogens (tertiary/aromatic N) is 1. The molecule has 1 aliphatic heterocycles. The third kappa shape index (κ3) is 4.57. The smallest absolute Gasteiger partial charge is 0.338 e. The lowest BCUT2D eigenvalue weighted by Gasteiger charge is -2.25. The molecule has 148 valence electrons. The molecule has 2 aromatic carbocycles. The van der Waals surface area contributed by atoms with Crippen molar-refractivity contribution in [2.45, 2.75) is 19.3 Å². The van der Waals surface area contributed by atoms with Crippen molar-refractivity contribution in [1.82, 2.24) is 0 Å². The van der Waals surface area contributed by atoms with E-state index in [1.54, 1.807) is 25.1 Å². The van der Waals surface area contributed by atoms with Gasteiger partial charge in [0.25, 0.3) is 5.69 Å². The number of para-hydroxylation sites is 1. The second kappa shape index (κ2) is 8.97. The predicted octanol–water partition coefficient (Wildman–Crippen LogP) is 4.16. The van der Waals surface area contributed by atoms with Gasteiger partial charge in [0, 0.05) is 17.5 Å². The van der Waals surface area contributed by atoms with Gasteiger partial charge in [-0.15, -0.1) is 0 Å². The summed E-state index contributed by atoms with van der Waals surface area (Å²) in [5.41, 5.74) is 1.03. The van der Waals surface area contributed by atoms with Crippen LogP contribution in [-0.2, 0) is 19.1 Å². The molecule has 1 atom stereocenters. The largest absolute Gasteiger partial charge is 0.463 e. The van der Waals surface area contributed by atoms with Gasteiger partial charge in [0.1, 0.15) is 5.76 Å². The number of benzene rings is 2. The van der Waals surface area contributed by atoms with Gasteiger partial charge in [0.05, 0.1) is 23.5 Å². The van der Waals surface area contributed by atoms with Crippen LogP contribution in [0.25, 0.3) is 6.08 Å². The second-order valence-electron chi connectivity index (χ2n) is 6.29. The Labute approximate surface area is 167 Å². The van der Waals surface area contributed by atoms with Gasteiger partial charge in [-0.2, -0.15) is 0 Å². The molecule has 0 fully saturated rings. The summed E-state index contributed by atoms with van der Waals surface area (Å²) in [7, 11) is 0. The van der Waals surface area contributed by atoms with Crippen LogP contribution in [0.15, 0.2) is 72.0 Å². The number of nitro groups is 1. The molecule has 0 saturated heterocycles. The number of carbonyl (C=O) groups is 2. The van der Waals surface area contributed by atoms with Crippen molar-refractivity contribution in [3.63, 3.8) is 0 Å². The fourth-order valence-corrected chi connectivity index (χ4v) is 3.19. The Morgan fingerprint density at radius 1 is 1.17 bits per heavy atom. The standard InChI is InChI=1S/C22H19NO6/c1-2-28-22(25)21-17(16-10-6-7-11-18(16)23(26)27)14-20(24)29-19(21)13-12-15-8-4-3-5-9-15/h3-13,17H,2,14H2,1H3/b13-12+/t17-/m0/s1. The van der Waals surface area contributed by atoms with E-state index < -0.39 is 22.8 Å². The molecule has 0 amide bonds. The molecule has 1 heterocycles. The van der Waals surface area contributed by atoms with E-state index in [2.05, 4.69) is 0 Å². The molecule has 0 saturated carbocycles. The number of ether oxygens (including phenoxy) is 2. The van der Waals surface area contributed by atoms with Crippen molar-refractivity contribution >= 4 is 23.7 Å². The SMILES string of the molecule is CCOC(=O)C1=C(/C=C/c2ccccc2)OC(=O)C[C@H]1c1ccccc1[N+](=O)[O-]. The molecule has 0 aliphatic carbocycles. The summed E-state index contributed by atoms with van der Waals surface area (Å²) in [4.78, 5) is 35.9. The van der Waals surface area contributed by atoms with Gasteiger partial charge in [0.15, 0.2) is 0 Å². The van der Waals surface area contributed by atoms with Crippen LogP contribution in [0.4, 0.5) is 5.69 Å². The van der Waals surface area contributed by atoms with Crippen molar-refractivity contribution in [1.29, 1.82) is 0 Å². The monoisotopic (exact) mass is 393 g/mol. The normalized spacial score (nSPS) is 16.6. The van der Waals surface area contributed by atoms with E-state index in [0.29, 0.717) is 0 Å². The molecule has 1 aliphatic rings. The van der Waals surface area contributed by atoms with E-state index in [9.17, 15) is 19.7 Å². The summed E-state index contributed by atoms with van der Waals surface area (Å²) in [5.74, 6) is -2.05. The van der Waals surface area contributed by atoms with E-state index in [-0.39, 0.29) is 35.6 Å². The van der Waals surface area contributed by atoms with Gasteiger partial charge in [-0.3, -0.25) is 14.9 Å². The summed E-state index contributed by atoms with van der Waals surface area (Å²) in [5, 5.41) is 11.5. The average molecular weight is 393 g/mol. The number of allylic oxidation sites excluding steroid dienone is 1. The van der Waals surface area contributed by atoms with Gasteiger partial charge in [0.2, 0.25) is 0 Å². The molecular formula is C22H19NO6. The first-order valence-corrected chi connectivity index (χ1v) is 9.09. The molecule has 0 radical (unpaired) electrons. The molecule has 2 aromatic rings.